The third-order valence-electron chi connectivity index (χ3n) is 6.65. The third-order valence-corrected chi connectivity index (χ3v) is 7.47. The van der Waals surface area contributed by atoms with Gasteiger partial charge in [-0.3, -0.25) is 9.69 Å². The monoisotopic (exact) mass is 403 g/mol. The number of thiazole rings is 1. The third kappa shape index (κ3) is 3.64. The number of amides is 1. The number of amidine groups is 1. The van der Waals surface area contributed by atoms with Crippen molar-refractivity contribution in [3.05, 3.63) is 16.1 Å². The van der Waals surface area contributed by atoms with Gasteiger partial charge in [0, 0.05) is 50.1 Å². The maximum Gasteiger partial charge on any atom is 0.223 e. The summed E-state index contributed by atoms with van der Waals surface area (Å²) in [6.45, 7) is 6.63. The van der Waals surface area contributed by atoms with Crippen LogP contribution in [0.5, 0.6) is 0 Å². The number of nitrogens with zero attached hydrogens (tertiary/aromatic N) is 4. The lowest BCUT2D eigenvalue weighted by Crippen LogP contribution is -2.48. The molecule has 0 aromatic carbocycles. The fraction of sp³-hybridized carbons (Fsp3) is 0.750. The first kappa shape index (κ1) is 18.4. The van der Waals surface area contributed by atoms with Gasteiger partial charge in [0.25, 0.3) is 0 Å². The fourth-order valence-corrected chi connectivity index (χ4v) is 5.37. The Hall–Kier alpha value is -1.67. The van der Waals surface area contributed by atoms with Crippen molar-refractivity contribution in [1.82, 2.24) is 20.1 Å². The molecule has 28 heavy (non-hydrogen) atoms. The number of likely N-dealkylation sites (tertiary alicyclic amines) is 2. The van der Waals surface area contributed by atoms with Crippen LogP contribution in [0.1, 0.15) is 42.8 Å². The van der Waals surface area contributed by atoms with Gasteiger partial charge in [0.1, 0.15) is 0 Å². The molecule has 1 aliphatic carbocycles. The van der Waals surface area contributed by atoms with Gasteiger partial charge in [-0.1, -0.05) is 5.16 Å². The van der Waals surface area contributed by atoms with Gasteiger partial charge in [-0.15, -0.1) is 11.3 Å². The maximum atomic E-state index is 12.4. The number of oxime groups is 1. The van der Waals surface area contributed by atoms with E-state index in [4.69, 9.17) is 4.84 Å². The van der Waals surface area contributed by atoms with Crippen molar-refractivity contribution in [3.63, 3.8) is 0 Å². The maximum absolute atomic E-state index is 12.4. The molecule has 1 aromatic rings. The van der Waals surface area contributed by atoms with Crippen LogP contribution in [0, 0.1) is 18.8 Å². The van der Waals surface area contributed by atoms with Crippen LogP contribution in [0.4, 0.5) is 0 Å². The second-order valence-electron chi connectivity index (χ2n) is 8.65. The summed E-state index contributed by atoms with van der Waals surface area (Å²) in [5.74, 6) is 1.86. The smallest absolute Gasteiger partial charge is 0.223 e. The molecule has 152 valence electrons. The Balaban J connectivity index is 1.13. The average Bonchev–Trinajstić information content (AvgIpc) is 3.34. The summed E-state index contributed by atoms with van der Waals surface area (Å²) >= 11 is 1.71. The van der Waals surface area contributed by atoms with Crippen LogP contribution >= 0.6 is 11.3 Å². The summed E-state index contributed by atoms with van der Waals surface area (Å²) in [5.41, 5.74) is 1.15. The number of hydrogen-bond acceptors (Lipinski definition) is 7. The zero-order chi connectivity index (χ0) is 19.1. The Kier molecular flexibility index (Phi) is 5.00. The molecule has 1 amide bonds. The summed E-state index contributed by atoms with van der Waals surface area (Å²) in [5, 5.41) is 10.9. The Labute approximate surface area is 170 Å². The number of piperidine rings is 1. The largest absolute Gasteiger partial charge is 0.389 e. The van der Waals surface area contributed by atoms with Crippen molar-refractivity contribution in [2.45, 2.75) is 57.7 Å². The molecule has 2 atom stereocenters. The van der Waals surface area contributed by atoms with Crippen LogP contribution in [0.25, 0.3) is 0 Å². The van der Waals surface area contributed by atoms with Crippen molar-refractivity contribution in [3.8, 4) is 0 Å². The number of carbonyl (C=O) groups is 1. The van der Waals surface area contributed by atoms with E-state index >= 15 is 0 Å². The van der Waals surface area contributed by atoms with E-state index in [1.165, 1.54) is 6.42 Å². The molecule has 0 radical (unpaired) electrons. The molecular formula is C20H29N5O2S. The van der Waals surface area contributed by atoms with Crippen molar-refractivity contribution in [2.75, 3.05) is 26.2 Å². The molecule has 5 rings (SSSR count). The molecule has 0 bridgehead atoms. The van der Waals surface area contributed by atoms with Crippen LogP contribution in [0.2, 0.25) is 0 Å². The SMILES string of the molecule is Cc1nc(CN2CC3ON=C(N4CCC(C(=O)NC5CCC5)CC4)C3C2)cs1. The lowest BCUT2D eigenvalue weighted by Gasteiger charge is -2.35. The highest BCUT2D eigenvalue weighted by Gasteiger charge is 2.45. The van der Waals surface area contributed by atoms with Gasteiger partial charge in [-0.25, -0.2) is 4.98 Å². The van der Waals surface area contributed by atoms with E-state index < -0.39 is 0 Å². The van der Waals surface area contributed by atoms with Crippen molar-refractivity contribution in [2.24, 2.45) is 17.0 Å². The Bertz CT molecular complexity index is 754. The summed E-state index contributed by atoms with van der Waals surface area (Å²) in [7, 11) is 0. The second kappa shape index (κ2) is 7.63. The zero-order valence-electron chi connectivity index (χ0n) is 16.5. The Morgan fingerprint density at radius 3 is 2.79 bits per heavy atom. The predicted molar refractivity (Wildman–Crippen MR) is 108 cm³/mol. The molecular weight excluding hydrogens is 374 g/mol. The number of aromatic nitrogens is 1. The van der Waals surface area contributed by atoms with E-state index in [1.54, 1.807) is 11.3 Å². The van der Waals surface area contributed by atoms with E-state index in [0.717, 1.165) is 74.9 Å². The summed E-state index contributed by atoms with van der Waals surface area (Å²) in [6, 6.07) is 0.435. The minimum Gasteiger partial charge on any atom is -0.389 e. The highest BCUT2D eigenvalue weighted by atomic mass is 32.1. The minimum absolute atomic E-state index is 0.156. The summed E-state index contributed by atoms with van der Waals surface area (Å²) < 4.78 is 0. The minimum atomic E-state index is 0.156. The normalized spacial score (nSPS) is 28.6. The standard InChI is InChI=1S/C20H29N5O2S/c1-13-21-16(12-28-13)9-24-10-17-18(11-24)27-23-19(17)25-7-5-14(6-8-25)20(26)22-15-3-2-4-15/h12,14-15,17-18H,2-11H2,1H3,(H,22,26). The summed E-state index contributed by atoms with van der Waals surface area (Å²) in [4.78, 5) is 27.6. The first-order chi connectivity index (χ1) is 13.7. The van der Waals surface area contributed by atoms with Gasteiger partial charge in [-0.2, -0.15) is 0 Å². The number of carbonyl (C=O) groups excluding carboxylic acids is 1. The topological polar surface area (TPSA) is 70.1 Å². The second-order valence-corrected chi connectivity index (χ2v) is 9.71. The number of hydrogen-bond donors (Lipinski definition) is 1. The molecule has 4 heterocycles. The molecule has 8 heteroatoms. The highest BCUT2D eigenvalue weighted by Crippen LogP contribution is 2.31. The first-order valence-corrected chi connectivity index (χ1v) is 11.5. The van der Waals surface area contributed by atoms with Gasteiger partial charge in [-0.05, 0) is 39.0 Å². The number of fused-ring (bicyclic) bond motifs is 1. The van der Waals surface area contributed by atoms with Crippen LogP contribution in [0.15, 0.2) is 10.5 Å². The average molecular weight is 404 g/mol. The van der Waals surface area contributed by atoms with E-state index in [9.17, 15) is 4.79 Å². The molecule has 3 fully saturated rings. The van der Waals surface area contributed by atoms with E-state index in [2.05, 4.69) is 37.6 Å². The Morgan fingerprint density at radius 1 is 1.29 bits per heavy atom. The van der Waals surface area contributed by atoms with Crippen LogP contribution in [-0.2, 0) is 16.2 Å². The van der Waals surface area contributed by atoms with Crippen molar-refractivity contribution < 1.29 is 9.63 Å². The van der Waals surface area contributed by atoms with Crippen LogP contribution < -0.4 is 5.32 Å². The van der Waals surface area contributed by atoms with E-state index in [-0.39, 0.29) is 17.9 Å². The quantitative estimate of drug-likeness (QED) is 0.832. The fourth-order valence-electron chi connectivity index (χ4n) is 4.77. The van der Waals surface area contributed by atoms with Gasteiger partial charge < -0.3 is 15.1 Å². The molecule has 1 N–H and O–H groups in total. The molecule has 2 saturated heterocycles. The molecule has 1 aromatic heterocycles. The van der Waals surface area contributed by atoms with Gasteiger partial charge in [0.15, 0.2) is 11.9 Å². The van der Waals surface area contributed by atoms with Gasteiger partial charge in [0.05, 0.1) is 16.6 Å². The molecule has 4 aliphatic rings. The van der Waals surface area contributed by atoms with Crippen molar-refractivity contribution >= 4 is 23.1 Å². The molecule has 3 aliphatic heterocycles. The lowest BCUT2D eigenvalue weighted by molar-refractivity contribution is -0.127. The number of nitrogens with one attached hydrogen (secondary N) is 1. The van der Waals surface area contributed by atoms with Gasteiger partial charge >= 0.3 is 0 Å². The lowest BCUT2D eigenvalue weighted by atomic mass is 9.90. The van der Waals surface area contributed by atoms with Crippen molar-refractivity contribution in [1.29, 1.82) is 0 Å². The molecule has 0 spiro atoms. The highest BCUT2D eigenvalue weighted by molar-refractivity contribution is 7.09. The molecule has 2 unspecified atom stereocenters. The number of rotatable bonds is 4. The predicted octanol–water partition coefficient (Wildman–Crippen LogP) is 1.98. The van der Waals surface area contributed by atoms with Gasteiger partial charge in [0.2, 0.25) is 5.91 Å². The van der Waals surface area contributed by atoms with E-state index in [1.807, 2.05) is 0 Å². The Morgan fingerprint density at radius 2 is 2.11 bits per heavy atom. The first-order valence-electron chi connectivity index (χ1n) is 10.6. The zero-order valence-corrected chi connectivity index (χ0v) is 17.3. The molecule has 1 saturated carbocycles. The van der Waals surface area contributed by atoms with Crippen LogP contribution in [-0.4, -0.2) is 64.9 Å². The molecule has 7 nitrogen and oxygen atoms in total. The van der Waals surface area contributed by atoms with Crippen LogP contribution in [0.3, 0.4) is 0 Å². The number of aryl methyl sites for hydroxylation is 1. The summed E-state index contributed by atoms with van der Waals surface area (Å²) in [6.07, 6.45) is 5.55. The van der Waals surface area contributed by atoms with E-state index in [0.29, 0.717) is 12.0 Å².